The monoisotopic (exact) mass is 293 g/mol. The van der Waals surface area contributed by atoms with E-state index in [0.717, 1.165) is 19.5 Å². The summed E-state index contributed by atoms with van der Waals surface area (Å²) in [6, 6.07) is 0. The molecule has 0 saturated carbocycles. The molecule has 0 heterocycles. The van der Waals surface area contributed by atoms with Gasteiger partial charge in [-0.25, -0.2) is 0 Å². The maximum atomic E-state index is 10.3. The molecule has 0 amide bonds. The van der Waals surface area contributed by atoms with Gasteiger partial charge in [-0.2, -0.15) is 16.8 Å². The molecule has 0 fully saturated rings. The lowest BCUT2D eigenvalue weighted by Gasteiger charge is -2.12. The zero-order valence-electron chi connectivity index (χ0n) is 9.77. The molecule has 17 heavy (non-hydrogen) atoms. The molecule has 0 unspecified atom stereocenters. The predicted molar refractivity (Wildman–Crippen MR) is 63.0 cm³/mol. The first-order valence-electron chi connectivity index (χ1n) is 4.79. The fraction of sp³-hybridized carbons (Fsp3) is 1.00. The largest absolute Gasteiger partial charge is 0.394 e. The van der Waals surface area contributed by atoms with Crippen molar-refractivity contribution in [2.24, 2.45) is 0 Å². The Morgan fingerprint density at radius 2 is 1.41 bits per heavy atom. The highest BCUT2D eigenvalue weighted by Gasteiger charge is 2.03. The molecule has 0 aromatic rings. The molecule has 0 spiro atoms. The van der Waals surface area contributed by atoms with E-state index in [0.29, 0.717) is 6.42 Å². The van der Waals surface area contributed by atoms with Gasteiger partial charge in [0.25, 0.3) is 10.1 Å². The van der Waals surface area contributed by atoms with Gasteiger partial charge in [-0.1, -0.05) is 6.92 Å². The number of nitrogens with zero attached hydrogens (tertiary/aromatic N) is 1. The standard InChI is InChI=1S/C7H17NO3S.H2O4S/c1-3-8(2)6-4-5-7-12(9,10)11;1-5(2,3)4/h3-7H2,1-2H3,(H,9,10,11);(H2,1,2,3,4). The Labute approximate surface area is 102 Å². The summed E-state index contributed by atoms with van der Waals surface area (Å²) in [5.74, 6) is -0.120. The van der Waals surface area contributed by atoms with Crippen LogP contribution in [0.4, 0.5) is 0 Å². The summed E-state index contributed by atoms with van der Waals surface area (Å²) < 4.78 is 60.6. The van der Waals surface area contributed by atoms with Crippen molar-refractivity contribution < 1.29 is 30.5 Å². The second-order valence-electron chi connectivity index (χ2n) is 3.34. The minimum absolute atomic E-state index is 0.120. The van der Waals surface area contributed by atoms with Crippen molar-refractivity contribution in [3.05, 3.63) is 0 Å². The van der Waals surface area contributed by atoms with Crippen molar-refractivity contribution in [3.8, 4) is 0 Å². The first-order chi connectivity index (χ1) is 7.45. The molecule has 0 aromatic carbocycles. The fourth-order valence-corrected chi connectivity index (χ4v) is 1.39. The van der Waals surface area contributed by atoms with E-state index in [4.69, 9.17) is 22.1 Å². The third-order valence-electron chi connectivity index (χ3n) is 1.73. The maximum Gasteiger partial charge on any atom is 0.394 e. The van der Waals surface area contributed by atoms with Crippen LogP contribution >= 0.6 is 0 Å². The fourth-order valence-electron chi connectivity index (χ4n) is 0.824. The van der Waals surface area contributed by atoms with Crippen LogP contribution in [0, 0.1) is 0 Å². The second-order valence-corrected chi connectivity index (χ2v) is 5.80. The van der Waals surface area contributed by atoms with E-state index < -0.39 is 20.5 Å². The number of rotatable bonds is 6. The smallest absolute Gasteiger partial charge is 0.307 e. The molecule has 0 aliphatic carbocycles. The highest BCUT2D eigenvalue weighted by molar-refractivity contribution is 7.85. The summed E-state index contributed by atoms with van der Waals surface area (Å²) in [7, 11) is -6.43. The molecule has 0 atom stereocenters. The van der Waals surface area contributed by atoms with Gasteiger partial charge in [-0.15, -0.1) is 0 Å². The summed E-state index contributed by atoms with van der Waals surface area (Å²) in [5.41, 5.74) is 0. The van der Waals surface area contributed by atoms with E-state index >= 15 is 0 Å². The topological polar surface area (TPSA) is 132 Å². The molecular weight excluding hydrogens is 274 g/mol. The predicted octanol–water partition coefficient (Wildman–Crippen LogP) is -0.0467. The van der Waals surface area contributed by atoms with Crippen molar-refractivity contribution in [1.82, 2.24) is 4.90 Å². The molecule has 0 aliphatic rings. The third kappa shape index (κ3) is 31.3. The van der Waals surface area contributed by atoms with Crippen LogP contribution in [0.2, 0.25) is 0 Å². The molecule has 0 aromatic heterocycles. The number of hydrogen-bond acceptors (Lipinski definition) is 5. The summed E-state index contributed by atoms with van der Waals surface area (Å²) in [4.78, 5) is 2.10. The average Bonchev–Trinajstić information content (AvgIpc) is 2.07. The van der Waals surface area contributed by atoms with Crippen LogP contribution in [0.3, 0.4) is 0 Å². The van der Waals surface area contributed by atoms with Gasteiger partial charge in [-0.3, -0.25) is 13.7 Å². The minimum atomic E-state index is -4.67. The molecule has 3 N–H and O–H groups in total. The van der Waals surface area contributed by atoms with Crippen LogP contribution < -0.4 is 0 Å². The molecule has 106 valence electrons. The van der Waals surface area contributed by atoms with Gasteiger partial charge in [0, 0.05) is 0 Å². The normalized spacial score (nSPS) is 12.1. The molecule has 10 heteroatoms. The Morgan fingerprint density at radius 1 is 1.00 bits per heavy atom. The number of hydrogen-bond donors (Lipinski definition) is 3. The quantitative estimate of drug-likeness (QED) is 0.459. The van der Waals surface area contributed by atoms with Crippen molar-refractivity contribution in [2.45, 2.75) is 19.8 Å². The lowest BCUT2D eigenvalue weighted by molar-refractivity contribution is 0.345. The summed E-state index contributed by atoms with van der Waals surface area (Å²) in [5, 5.41) is 0. The Bertz CT molecular complexity index is 367. The van der Waals surface area contributed by atoms with Gasteiger partial charge >= 0.3 is 10.4 Å². The number of unbranched alkanes of at least 4 members (excludes halogenated alkanes) is 1. The summed E-state index contributed by atoms with van der Waals surface area (Å²) >= 11 is 0. The van der Waals surface area contributed by atoms with Gasteiger partial charge < -0.3 is 4.90 Å². The highest BCUT2D eigenvalue weighted by atomic mass is 32.3. The Balaban J connectivity index is 0. The molecule has 0 aliphatic heterocycles. The van der Waals surface area contributed by atoms with E-state index in [9.17, 15) is 8.42 Å². The zero-order chi connectivity index (χ0) is 14.1. The highest BCUT2D eigenvalue weighted by Crippen LogP contribution is 1.95. The van der Waals surface area contributed by atoms with Crippen molar-refractivity contribution >= 4 is 20.5 Å². The van der Waals surface area contributed by atoms with Crippen molar-refractivity contribution in [3.63, 3.8) is 0 Å². The Kier molecular flexibility index (Phi) is 9.85. The first kappa shape index (κ1) is 19.1. The van der Waals surface area contributed by atoms with Gasteiger partial charge in [0.15, 0.2) is 0 Å². The van der Waals surface area contributed by atoms with Crippen LogP contribution in [0.15, 0.2) is 0 Å². The van der Waals surface area contributed by atoms with Gasteiger partial charge in [-0.05, 0) is 33.0 Å². The lowest BCUT2D eigenvalue weighted by Crippen LogP contribution is -2.19. The van der Waals surface area contributed by atoms with E-state index in [1.807, 2.05) is 14.0 Å². The molecular formula is C7H19NO7S2. The van der Waals surface area contributed by atoms with E-state index in [-0.39, 0.29) is 5.75 Å². The molecule has 0 rings (SSSR count). The second kappa shape index (κ2) is 8.78. The Morgan fingerprint density at radius 3 is 1.71 bits per heavy atom. The maximum absolute atomic E-state index is 10.3. The van der Waals surface area contributed by atoms with Crippen LogP contribution in [-0.4, -0.2) is 61.3 Å². The van der Waals surface area contributed by atoms with Crippen LogP contribution in [-0.2, 0) is 20.5 Å². The van der Waals surface area contributed by atoms with Crippen LogP contribution in [0.25, 0.3) is 0 Å². The summed E-state index contributed by atoms with van der Waals surface area (Å²) in [6.45, 7) is 3.89. The molecule has 8 nitrogen and oxygen atoms in total. The summed E-state index contributed by atoms with van der Waals surface area (Å²) in [6.07, 6.45) is 1.34. The van der Waals surface area contributed by atoms with E-state index in [2.05, 4.69) is 4.90 Å². The van der Waals surface area contributed by atoms with Crippen molar-refractivity contribution in [2.75, 3.05) is 25.9 Å². The van der Waals surface area contributed by atoms with Crippen molar-refractivity contribution in [1.29, 1.82) is 0 Å². The average molecular weight is 293 g/mol. The molecule has 0 radical (unpaired) electrons. The minimum Gasteiger partial charge on any atom is -0.307 e. The van der Waals surface area contributed by atoms with Crippen LogP contribution in [0.1, 0.15) is 19.8 Å². The first-order valence-corrected chi connectivity index (χ1v) is 7.80. The van der Waals surface area contributed by atoms with Crippen LogP contribution in [0.5, 0.6) is 0 Å². The zero-order valence-corrected chi connectivity index (χ0v) is 11.4. The SMILES string of the molecule is CCN(C)CCCCS(=O)(=O)O.O=S(=O)(O)O. The van der Waals surface area contributed by atoms with E-state index in [1.165, 1.54) is 0 Å². The molecule has 0 saturated heterocycles. The Hall–Kier alpha value is -0.260. The lowest BCUT2D eigenvalue weighted by atomic mass is 10.3. The third-order valence-corrected chi connectivity index (χ3v) is 2.54. The van der Waals surface area contributed by atoms with Gasteiger partial charge in [0.2, 0.25) is 0 Å². The molecule has 0 bridgehead atoms. The van der Waals surface area contributed by atoms with Gasteiger partial charge in [0.05, 0.1) is 5.75 Å². The van der Waals surface area contributed by atoms with E-state index in [1.54, 1.807) is 0 Å². The van der Waals surface area contributed by atoms with Gasteiger partial charge in [0.1, 0.15) is 0 Å².